The van der Waals surface area contributed by atoms with E-state index in [0.29, 0.717) is 6.61 Å². The van der Waals surface area contributed by atoms with Crippen LogP contribution in [0.5, 0.6) is 0 Å². The van der Waals surface area contributed by atoms with Gasteiger partial charge < -0.3 is 55.7 Å². The standard InChI is InChI=1S/C10H19NO4.C6H10O8/c1-10(2)14-8-6(11)5-7(9(8)15-10)13-4-3-12;7-1(3(9)5(11)12)2(8)4(10)6(13)14/h6-9,12H,3-5,11H2,1-2H3;1-4,7-10H,(H,11,12)(H,13,14). The topological polar surface area (TPSA) is 229 Å². The lowest BCUT2D eigenvalue weighted by atomic mass is 10.0. The van der Waals surface area contributed by atoms with Crippen molar-refractivity contribution in [1.82, 2.24) is 0 Å². The van der Waals surface area contributed by atoms with Gasteiger partial charge in [0, 0.05) is 6.04 Å². The number of carbonyl (C=O) groups is 2. The summed E-state index contributed by atoms with van der Waals surface area (Å²) in [6.45, 7) is 4.10. The highest BCUT2D eigenvalue weighted by atomic mass is 16.8. The van der Waals surface area contributed by atoms with Crippen LogP contribution in [0.3, 0.4) is 0 Å². The van der Waals surface area contributed by atoms with E-state index in [4.69, 9.17) is 55.7 Å². The van der Waals surface area contributed by atoms with Gasteiger partial charge in [0.1, 0.15) is 24.4 Å². The van der Waals surface area contributed by atoms with Crippen LogP contribution in [-0.4, -0.2) is 115 Å². The summed E-state index contributed by atoms with van der Waals surface area (Å²) in [7, 11) is 0. The maximum absolute atomic E-state index is 10.1. The minimum Gasteiger partial charge on any atom is -0.479 e. The molecule has 2 aliphatic rings. The molecule has 2 fully saturated rings. The van der Waals surface area contributed by atoms with Crippen molar-refractivity contribution in [1.29, 1.82) is 0 Å². The van der Waals surface area contributed by atoms with Crippen molar-refractivity contribution in [3.8, 4) is 0 Å². The number of hydrogen-bond acceptors (Lipinski definition) is 11. The van der Waals surface area contributed by atoms with Crippen LogP contribution in [0.4, 0.5) is 0 Å². The third-order valence-corrected chi connectivity index (χ3v) is 4.38. The van der Waals surface area contributed by atoms with Gasteiger partial charge in [-0.05, 0) is 20.3 Å². The first-order chi connectivity index (χ1) is 13.3. The van der Waals surface area contributed by atoms with Crippen molar-refractivity contribution in [2.45, 2.75) is 74.8 Å². The summed E-state index contributed by atoms with van der Waals surface area (Å²) < 4.78 is 16.9. The van der Waals surface area contributed by atoms with Crippen molar-refractivity contribution >= 4 is 11.9 Å². The third-order valence-electron chi connectivity index (χ3n) is 4.38. The summed E-state index contributed by atoms with van der Waals surface area (Å²) in [5.74, 6) is -4.25. The molecule has 0 radical (unpaired) electrons. The molecule has 1 heterocycles. The van der Waals surface area contributed by atoms with E-state index in [1.54, 1.807) is 0 Å². The number of fused-ring (bicyclic) bond motifs is 1. The van der Waals surface area contributed by atoms with Gasteiger partial charge in [-0.15, -0.1) is 0 Å². The average Bonchev–Trinajstić information content (AvgIpc) is 3.11. The van der Waals surface area contributed by atoms with Gasteiger partial charge in [0.2, 0.25) is 0 Å². The molecule has 0 spiro atoms. The number of carboxylic acid groups (broad SMARTS) is 2. The monoisotopic (exact) mass is 427 g/mol. The Morgan fingerprint density at radius 3 is 1.90 bits per heavy atom. The second-order valence-corrected chi connectivity index (χ2v) is 7.14. The van der Waals surface area contributed by atoms with E-state index in [-0.39, 0.29) is 31.0 Å². The second-order valence-electron chi connectivity index (χ2n) is 7.14. The molecular formula is C16H29NO12. The van der Waals surface area contributed by atoms with Gasteiger partial charge in [-0.25, -0.2) is 9.59 Å². The van der Waals surface area contributed by atoms with E-state index in [0.717, 1.165) is 6.42 Å². The van der Waals surface area contributed by atoms with Crippen LogP contribution in [0.2, 0.25) is 0 Å². The summed E-state index contributed by atoms with van der Waals surface area (Å²) in [4.78, 5) is 20.2. The number of rotatable bonds is 8. The van der Waals surface area contributed by atoms with Gasteiger partial charge in [0.15, 0.2) is 18.0 Å². The van der Waals surface area contributed by atoms with Crippen molar-refractivity contribution in [2.75, 3.05) is 13.2 Å². The van der Waals surface area contributed by atoms with Crippen LogP contribution in [0.1, 0.15) is 20.3 Å². The quantitative estimate of drug-likeness (QED) is 0.186. The van der Waals surface area contributed by atoms with Gasteiger partial charge in [0.25, 0.3) is 0 Å². The highest BCUT2D eigenvalue weighted by molar-refractivity contribution is 5.75. The van der Waals surface area contributed by atoms with Crippen LogP contribution in [0.25, 0.3) is 0 Å². The third kappa shape index (κ3) is 6.80. The predicted molar refractivity (Wildman–Crippen MR) is 92.5 cm³/mol. The molecule has 9 N–H and O–H groups in total. The maximum atomic E-state index is 10.1. The molecule has 8 atom stereocenters. The Labute approximate surface area is 166 Å². The van der Waals surface area contributed by atoms with E-state index in [1.807, 2.05) is 13.8 Å². The number of aliphatic hydroxyl groups is 5. The van der Waals surface area contributed by atoms with Gasteiger partial charge in [-0.1, -0.05) is 0 Å². The summed E-state index contributed by atoms with van der Waals surface area (Å²) >= 11 is 0. The smallest absolute Gasteiger partial charge is 0.335 e. The molecule has 13 heteroatoms. The van der Waals surface area contributed by atoms with Crippen LogP contribution < -0.4 is 5.73 Å². The van der Waals surface area contributed by atoms with E-state index >= 15 is 0 Å². The molecule has 0 aromatic carbocycles. The fourth-order valence-electron chi connectivity index (χ4n) is 3.00. The Hall–Kier alpha value is -1.42. The lowest BCUT2D eigenvalue weighted by Crippen LogP contribution is -2.49. The number of aliphatic carboxylic acids is 2. The first-order valence-corrected chi connectivity index (χ1v) is 8.84. The van der Waals surface area contributed by atoms with Gasteiger partial charge in [-0.2, -0.15) is 0 Å². The molecule has 0 bridgehead atoms. The number of hydrogen-bond donors (Lipinski definition) is 8. The molecule has 0 amide bonds. The fourth-order valence-corrected chi connectivity index (χ4v) is 3.00. The fraction of sp³-hybridized carbons (Fsp3) is 0.875. The highest BCUT2D eigenvalue weighted by Crippen LogP contribution is 2.38. The molecule has 1 saturated carbocycles. The highest BCUT2D eigenvalue weighted by Gasteiger charge is 2.53. The lowest BCUT2D eigenvalue weighted by molar-refractivity contribution is -0.172. The summed E-state index contributed by atoms with van der Waals surface area (Å²) in [5, 5.41) is 60.2. The van der Waals surface area contributed by atoms with Gasteiger partial charge in [-0.3, -0.25) is 0 Å². The minimum absolute atomic E-state index is 0.0212. The van der Waals surface area contributed by atoms with Crippen LogP contribution in [-0.2, 0) is 23.8 Å². The summed E-state index contributed by atoms with van der Waals surface area (Å²) in [6.07, 6.45) is -8.79. The molecule has 0 aromatic rings. The first-order valence-electron chi connectivity index (χ1n) is 8.84. The SMILES string of the molecule is CC1(C)OC2C(N)CC(OCCO)C2O1.O=C(O)C(O)C(O)C(O)C(O)C(=O)O. The first kappa shape index (κ1) is 25.6. The largest absolute Gasteiger partial charge is 0.479 e. The Morgan fingerprint density at radius 1 is 1.03 bits per heavy atom. The molecule has 2 rings (SSSR count). The Morgan fingerprint density at radius 2 is 1.48 bits per heavy atom. The minimum atomic E-state index is -2.36. The molecule has 8 unspecified atom stereocenters. The molecule has 1 saturated heterocycles. The zero-order chi connectivity index (χ0) is 22.5. The maximum Gasteiger partial charge on any atom is 0.335 e. The van der Waals surface area contributed by atoms with Crippen molar-refractivity contribution in [2.24, 2.45) is 5.73 Å². The molecule has 0 aromatic heterocycles. The molecule has 1 aliphatic carbocycles. The predicted octanol–water partition coefficient (Wildman–Crippen LogP) is -3.79. The number of nitrogens with two attached hydrogens (primary N) is 1. The van der Waals surface area contributed by atoms with E-state index in [1.165, 1.54) is 0 Å². The van der Waals surface area contributed by atoms with Gasteiger partial charge in [0.05, 0.1) is 19.3 Å². The van der Waals surface area contributed by atoms with Crippen molar-refractivity contribution in [3.63, 3.8) is 0 Å². The van der Waals surface area contributed by atoms with E-state index in [2.05, 4.69) is 0 Å². The zero-order valence-corrected chi connectivity index (χ0v) is 16.0. The molecule has 1 aliphatic heterocycles. The Bertz CT molecular complexity index is 534. The number of carboxylic acids is 2. The van der Waals surface area contributed by atoms with Crippen LogP contribution >= 0.6 is 0 Å². The molecule has 170 valence electrons. The second kappa shape index (κ2) is 10.6. The van der Waals surface area contributed by atoms with E-state index in [9.17, 15) is 9.59 Å². The molecule has 29 heavy (non-hydrogen) atoms. The summed E-state index contributed by atoms with van der Waals surface area (Å²) in [6, 6.07) is -0.0412. The van der Waals surface area contributed by atoms with Crippen molar-refractivity contribution < 1.29 is 59.5 Å². The number of ether oxygens (including phenoxy) is 3. The number of aliphatic hydroxyl groups excluding tert-OH is 5. The Kier molecular flexibility index (Phi) is 9.33. The van der Waals surface area contributed by atoms with Crippen molar-refractivity contribution in [3.05, 3.63) is 0 Å². The van der Waals surface area contributed by atoms with Crippen LogP contribution in [0.15, 0.2) is 0 Å². The lowest BCUT2D eigenvalue weighted by Gasteiger charge is -2.22. The van der Waals surface area contributed by atoms with Gasteiger partial charge >= 0.3 is 11.9 Å². The normalized spacial score (nSPS) is 31.7. The van der Waals surface area contributed by atoms with Crippen LogP contribution in [0, 0.1) is 0 Å². The van der Waals surface area contributed by atoms with E-state index < -0.39 is 42.1 Å². The molecule has 13 nitrogen and oxygen atoms in total. The Balaban J connectivity index is 0.000000291. The zero-order valence-electron chi connectivity index (χ0n) is 16.0. The summed E-state index contributed by atoms with van der Waals surface area (Å²) in [5.41, 5.74) is 5.96. The molecular weight excluding hydrogens is 398 g/mol. The average molecular weight is 427 g/mol.